The van der Waals surface area contributed by atoms with Gasteiger partial charge in [0, 0.05) is 30.2 Å². The lowest BCUT2D eigenvalue weighted by atomic mass is 9.94. The van der Waals surface area contributed by atoms with E-state index in [1.165, 1.54) is 17.7 Å². The average Bonchev–Trinajstić information content (AvgIpc) is 2.76. The van der Waals surface area contributed by atoms with E-state index >= 15 is 0 Å². The third-order valence-electron chi connectivity index (χ3n) is 4.16. The Morgan fingerprint density at radius 1 is 1.37 bits per heavy atom. The van der Waals surface area contributed by atoms with E-state index in [0.717, 1.165) is 12.3 Å². The molecule has 0 saturated carbocycles. The zero-order valence-electron chi connectivity index (χ0n) is 12.7. The molecule has 0 bridgehead atoms. The minimum absolute atomic E-state index is 0.538. The SMILES string of the molecule is CNC(C)CC1CN(C(C)C)c2ccc(OC)cc21. The first-order valence-corrected chi connectivity index (χ1v) is 7.18. The molecule has 0 radical (unpaired) electrons. The molecule has 3 heteroatoms. The maximum atomic E-state index is 5.38. The second-order valence-electron chi connectivity index (χ2n) is 5.79. The van der Waals surface area contributed by atoms with Gasteiger partial charge < -0.3 is 15.0 Å². The molecular weight excluding hydrogens is 236 g/mol. The molecule has 19 heavy (non-hydrogen) atoms. The van der Waals surface area contributed by atoms with Crippen molar-refractivity contribution in [3.63, 3.8) is 0 Å². The Balaban J connectivity index is 2.30. The van der Waals surface area contributed by atoms with Gasteiger partial charge in [0.1, 0.15) is 5.75 Å². The maximum Gasteiger partial charge on any atom is 0.119 e. The van der Waals surface area contributed by atoms with E-state index in [2.05, 4.69) is 49.2 Å². The zero-order valence-corrected chi connectivity index (χ0v) is 12.7. The smallest absolute Gasteiger partial charge is 0.119 e. The van der Waals surface area contributed by atoms with Crippen LogP contribution >= 0.6 is 0 Å². The largest absolute Gasteiger partial charge is 0.497 e. The topological polar surface area (TPSA) is 24.5 Å². The summed E-state index contributed by atoms with van der Waals surface area (Å²) in [5.41, 5.74) is 2.82. The highest BCUT2D eigenvalue weighted by Gasteiger charge is 2.31. The van der Waals surface area contributed by atoms with Gasteiger partial charge >= 0.3 is 0 Å². The van der Waals surface area contributed by atoms with Crippen LogP contribution < -0.4 is 15.0 Å². The lowest BCUT2D eigenvalue weighted by Gasteiger charge is -2.25. The van der Waals surface area contributed by atoms with E-state index in [-0.39, 0.29) is 0 Å². The molecule has 0 fully saturated rings. The minimum Gasteiger partial charge on any atom is -0.497 e. The van der Waals surface area contributed by atoms with Crippen LogP contribution in [0.3, 0.4) is 0 Å². The molecule has 2 atom stereocenters. The molecule has 1 aliphatic heterocycles. The Morgan fingerprint density at radius 2 is 2.11 bits per heavy atom. The van der Waals surface area contributed by atoms with Crippen LogP contribution in [0.2, 0.25) is 0 Å². The van der Waals surface area contributed by atoms with Gasteiger partial charge in [0.15, 0.2) is 0 Å². The van der Waals surface area contributed by atoms with Crippen molar-refractivity contribution in [3.05, 3.63) is 23.8 Å². The van der Waals surface area contributed by atoms with E-state index < -0.39 is 0 Å². The van der Waals surface area contributed by atoms with Crippen LogP contribution in [0.25, 0.3) is 0 Å². The molecule has 0 amide bonds. The molecule has 1 aliphatic rings. The minimum atomic E-state index is 0.538. The lowest BCUT2D eigenvalue weighted by Crippen LogP contribution is -2.31. The summed E-state index contributed by atoms with van der Waals surface area (Å²) in [6.45, 7) is 7.89. The van der Waals surface area contributed by atoms with Crippen LogP contribution in [-0.2, 0) is 0 Å². The molecule has 0 aliphatic carbocycles. The van der Waals surface area contributed by atoms with Crippen LogP contribution in [0.1, 0.15) is 38.7 Å². The van der Waals surface area contributed by atoms with Gasteiger partial charge in [-0.05, 0) is 58.0 Å². The van der Waals surface area contributed by atoms with Crippen LogP contribution in [-0.4, -0.2) is 32.8 Å². The predicted octanol–water partition coefficient (Wildman–Crippen LogP) is 3.01. The fourth-order valence-electron chi connectivity index (χ4n) is 2.92. The third-order valence-corrected chi connectivity index (χ3v) is 4.16. The van der Waals surface area contributed by atoms with Crippen molar-refractivity contribution in [2.45, 2.75) is 45.2 Å². The van der Waals surface area contributed by atoms with Gasteiger partial charge in [-0.15, -0.1) is 0 Å². The Morgan fingerprint density at radius 3 is 2.68 bits per heavy atom. The van der Waals surface area contributed by atoms with E-state index in [4.69, 9.17) is 4.74 Å². The predicted molar refractivity (Wildman–Crippen MR) is 81.4 cm³/mol. The number of nitrogens with one attached hydrogen (secondary N) is 1. The van der Waals surface area contributed by atoms with Crippen LogP contribution in [0, 0.1) is 0 Å². The first-order valence-electron chi connectivity index (χ1n) is 7.18. The van der Waals surface area contributed by atoms with Gasteiger partial charge in [0.05, 0.1) is 7.11 Å². The standard InChI is InChI=1S/C16H26N2O/c1-11(2)18-10-13(8-12(3)17-4)15-9-14(19-5)6-7-16(15)18/h6-7,9,11-13,17H,8,10H2,1-5H3. The number of rotatable bonds is 5. The van der Waals surface area contributed by atoms with E-state index in [1.807, 2.05) is 7.05 Å². The lowest BCUT2D eigenvalue weighted by molar-refractivity contribution is 0.413. The van der Waals surface area contributed by atoms with Gasteiger partial charge in [-0.2, -0.15) is 0 Å². The number of ether oxygens (including phenoxy) is 1. The summed E-state index contributed by atoms with van der Waals surface area (Å²) in [6, 6.07) is 7.57. The van der Waals surface area contributed by atoms with Crippen molar-refractivity contribution in [1.29, 1.82) is 0 Å². The summed E-state index contributed by atoms with van der Waals surface area (Å²) in [5, 5.41) is 3.35. The Kier molecular flexibility index (Phi) is 4.35. The number of hydrogen-bond donors (Lipinski definition) is 1. The Bertz CT molecular complexity index is 431. The summed E-state index contributed by atoms with van der Waals surface area (Å²) in [4.78, 5) is 2.50. The average molecular weight is 262 g/mol. The fraction of sp³-hybridized carbons (Fsp3) is 0.625. The summed E-state index contributed by atoms with van der Waals surface area (Å²) in [5.74, 6) is 1.56. The quantitative estimate of drug-likeness (QED) is 0.883. The number of hydrogen-bond acceptors (Lipinski definition) is 3. The highest BCUT2D eigenvalue weighted by atomic mass is 16.5. The monoisotopic (exact) mass is 262 g/mol. The Hall–Kier alpha value is -1.22. The van der Waals surface area contributed by atoms with Crippen molar-refractivity contribution >= 4 is 5.69 Å². The van der Waals surface area contributed by atoms with E-state index in [0.29, 0.717) is 18.0 Å². The summed E-state index contributed by atoms with van der Waals surface area (Å²) in [6.07, 6.45) is 1.17. The molecule has 2 unspecified atom stereocenters. The van der Waals surface area contributed by atoms with Crippen LogP contribution in [0.4, 0.5) is 5.69 Å². The van der Waals surface area contributed by atoms with E-state index in [1.54, 1.807) is 7.11 Å². The van der Waals surface area contributed by atoms with Crippen molar-refractivity contribution in [2.75, 3.05) is 25.6 Å². The Labute approximate surface area is 116 Å². The van der Waals surface area contributed by atoms with Crippen molar-refractivity contribution in [3.8, 4) is 5.75 Å². The number of fused-ring (bicyclic) bond motifs is 1. The first kappa shape index (κ1) is 14.2. The highest BCUT2D eigenvalue weighted by molar-refractivity contribution is 5.63. The highest BCUT2D eigenvalue weighted by Crippen LogP contribution is 2.41. The molecular formula is C16H26N2O. The number of nitrogens with zero attached hydrogens (tertiary/aromatic N) is 1. The van der Waals surface area contributed by atoms with Crippen LogP contribution in [0.15, 0.2) is 18.2 Å². The molecule has 3 nitrogen and oxygen atoms in total. The van der Waals surface area contributed by atoms with Crippen molar-refractivity contribution in [1.82, 2.24) is 5.32 Å². The summed E-state index contributed by atoms with van der Waals surface area (Å²) >= 11 is 0. The molecule has 1 aromatic rings. The second kappa shape index (κ2) is 5.83. The molecule has 1 N–H and O–H groups in total. The normalized spacial score (nSPS) is 19.7. The first-order chi connectivity index (χ1) is 9.06. The van der Waals surface area contributed by atoms with Gasteiger partial charge in [-0.3, -0.25) is 0 Å². The summed E-state index contributed by atoms with van der Waals surface area (Å²) in [7, 11) is 3.77. The fourth-order valence-corrected chi connectivity index (χ4v) is 2.92. The molecule has 0 saturated heterocycles. The van der Waals surface area contributed by atoms with Gasteiger partial charge in [0.2, 0.25) is 0 Å². The van der Waals surface area contributed by atoms with Crippen molar-refractivity contribution < 1.29 is 4.74 Å². The molecule has 1 heterocycles. The molecule has 2 rings (SSSR count). The maximum absolute atomic E-state index is 5.38. The van der Waals surface area contributed by atoms with Crippen molar-refractivity contribution in [2.24, 2.45) is 0 Å². The molecule has 1 aromatic carbocycles. The van der Waals surface area contributed by atoms with Gasteiger partial charge in [-0.1, -0.05) is 0 Å². The second-order valence-corrected chi connectivity index (χ2v) is 5.79. The number of methoxy groups -OCH3 is 1. The number of benzene rings is 1. The number of anilines is 1. The van der Waals surface area contributed by atoms with Gasteiger partial charge in [-0.25, -0.2) is 0 Å². The molecule has 106 valence electrons. The molecule has 0 aromatic heterocycles. The zero-order chi connectivity index (χ0) is 14.0. The van der Waals surface area contributed by atoms with Crippen LogP contribution in [0.5, 0.6) is 5.75 Å². The van der Waals surface area contributed by atoms with E-state index in [9.17, 15) is 0 Å². The summed E-state index contributed by atoms with van der Waals surface area (Å²) < 4.78 is 5.38. The third kappa shape index (κ3) is 2.86. The molecule has 0 spiro atoms. The van der Waals surface area contributed by atoms with Gasteiger partial charge in [0.25, 0.3) is 0 Å².